The number of nitrogens with zero attached hydrogens (tertiary/aromatic N) is 2. The van der Waals surface area contributed by atoms with Gasteiger partial charge >= 0.3 is 0 Å². The summed E-state index contributed by atoms with van der Waals surface area (Å²) in [6.45, 7) is 8.28. The van der Waals surface area contributed by atoms with Crippen molar-refractivity contribution in [3.8, 4) is 0 Å². The van der Waals surface area contributed by atoms with Gasteiger partial charge in [0.15, 0.2) is 0 Å². The number of hydrogen-bond donors (Lipinski definition) is 2. The van der Waals surface area contributed by atoms with E-state index < -0.39 is 0 Å². The van der Waals surface area contributed by atoms with Gasteiger partial charge in [-0.05, 0) is 49.8 Å². The summed E-state index contributed by atoms with van der Waals surface area (Å²) >= 11 is 0. The molecule has 1 aromatic heterocycles. The molecule has 0 atom stereocenters. The summed E-state index contributed by atoms with van der Waals surface area (Å²) in [6.07, 6.45) is 4.49. The number of anilines is 2. The highest BCUT2D eigenvalue weighted by molar-refractivity contribution is 5.93. The van der Waals surface area contributed by atoms with Crippen molar-refractivity contribution in [1.29, 1.82) is 0 Å². The third-order valence-electron chi connectivity index (χ3n) is 4.94. The summed E-state index contributed by atoms with van der Waals surface area (Å²) in [5.41, 5.74) is 4.57. The number of nitrogens with one attached hydrogen (secondary N) is 2. The highest BCUT2D eigenvalue weighted by Gasteiger charge is 2.20. The Morgan fingerprint density at radius 1 is 1.15 bits per heavy atom. The molecule has 1 aromatic carbocycles. The molecular formula is C21H28N4O. The lowest BCUT2D eigenvalue weighted by atomic mass is 9.98. The molecule has 0 saturated heterocycles. The van der Waals surface area contributed by atoms with Gasteiger partial charge < -0.3 is 10.6 Å². The fourth-order valence-electron chi connectivity index (χ4n) is 3.52. The number of para-hydroxylation sites is 1. The van der Waals surface area contributed by atoms with E-state index >= 15 is 0 Å². The van der Waals surface area contributed by atoms with Crippen molar-refractivity contribution in [1.82, 2.24) is 15.3 Å². The first-order valence-corrected chi connectivity index (χ1v) is 9.47. The van der Waals surface area contributed by atoms with Gasteiger partial charge in [0.25, 0.3) is 5.91 Å². The zero-order valence-corrected chi connectivity index (χ0v) is 16.1. The van der Waals surface area contributed by atoms with E-state index in [1.165, 1.54) is 18.4 Å². The molecule has 2 aromatic rings. The molecule has 0 unspecified atom stereocenters. The number of rotatable bonds is 5. The van der Waals surface area contributed by atoms with Crippen LogP contribution in [0.3, 0.4) is 0 Å². The van der Waals surface area contributed by atoms with Crippen LogP contribution in [0, 0.1) is 13.8 Å². The van der Waals surface area contributed by atoms with Crippen LogP contribution < -0.4 is 10.6 Å². The van der Waals surface area contributed by atoms with Gasteiger partial charge in [0.05, 0.1) is 0 Å². The van der Waals surface area contributed by atoms with E-state index in [-0.39, 0.29) is 11.9 Å². The smallest absolute Gasteiger partial charge is 0.270 e. The van der Waals surface area contributed by atoms with Crippen molar-refractivity contribution in [3.05, 3.63) is 46.8 Å². The summed E-state index contributed by atoms with van der Waals surface area (Å²) in [7, 11) is 0. The molecule has 3 rings (SSSR count). The van der Waals surface area contributed by atoms with Crippen LogP contribution in [-0.4, -0.2) is 21.9 Å². The number of benzene rings is 1. The second kappa shape index (κ2) is 7.85. The maximum Gasteiger partial charge on any atom is 0.270 e. The first-order chi connectivity index (χ1) is 12.4. The van der Waals surface area contributed by atoms with Crippen molar-refractivity contribution in [3.63, 3.8) is 0 Å². The second-order valence-corrected chi connectivity index (χ2v) is 7.49. The van der Waals surface area contributed by atoms with Gasteiger partial charge in [-0.3, -0.25) is 4.79 Å². The molecule has 0 bridgehead atoms. The standard InChI is InChI=1S/C21H28N4O/c1-13(2)17-11-7-8-14(3)19(17)25-21-22-15(4)12-18(24-21)20(26)23-16-9-5-6-10-16/h7-8,11-13,16H,5-6,9-10H2,1-4H3,(H,23,26)(H,22,24,25). The Kier molecular flexibility index (Phi) is 5.55. The van der Waals surface area contributed by atoms with Gasteiger partial charge in [-0.15, -0.1) is 0 Å². The molecule has 26 heavy (non-hydrogen) atoms. The van der Waals surface area contributed by atoms with Crippen molar-refractivity contribution in [2.75, 3.05) is 5.32 Å². The zero-order chi connectivity index (χ0) is 18.7. The number of hydrogen-bond acceptors (Lipinski definition) is 4. The van der Waals surface area contributed by atoms with E-state index in [4.69, 9.17) is 0 Å². The first kappa shape index (κ1) is 18.4. The Balaban J connectivity index is 1.85. The topological polar surface area (TPSA) is 66.9 Å². The van der Waals surface area contributed by atoms with Gasteiger partial charge in [0.1, 0.15) is 5.69 Å². The molecule has 0 spiro atoms. The fourth-order valence-corrected chi connectivity index (χ4v) is 3.52. The lowest BCUT2D eigenvalue weighted by Gasteiger charge is -2.17. The summed E-state index contributed by atoms with van der Waals surface area (Å²) in [4.78, 5) is 21.5. The summed E-state index contributed by atoms with van der Waals surface area (Å²) < 4.78 is 0. The highest BCUT2D eigenvalue weighted by atomic mass is 16.1. The minimum Gasteiger partial charge on any atom is -0.348 e. The minimum absolute atomic E-state index is 0.112. The number of carbonyl (C=O) groups excluding carboxylic acids is 1. The van der Waals surface area contributed by atoms with Crippen LogP contribution in [0.2, 0.25) is 0 Å². The Morgan fingerprint density at radius 2 is 1.88 bits per heavy atom. The summed E-state index contributed by atoms with van der Waals surface area (Å²) in [5.74, 6) is 0.740. The predicted octanol–water partition coefficient (Wildman–Crippen LogP) is 4.63. The molecule has 5 heteroatoms. The molecule has 1 heterocycles. The second-order valence-electron chi connectivity index (χ2n) is 7.49. The molecule has 0 radical (unpaired) electrons. The van der Waals surface area contributed by atoms with Crippen molar-refractivity contribution < 1.29 is 4.79 Å². The van der Waals surface area contributed by atoms with Crippen LogP contribution in [0.5, 0.6) is 0 Å². The third kappa shape index (κ3) is 4.21. The van der Waals surface area contributed by atoms with Crippen LogP contribution in [0.4, 0.5) is 11.6 Å². The molecule has 1 aliphatic rings. The SMILES string of the molecule is Cc1cc(C(=O)NC2CCCC2)nc(Nc2c(C)cccc2C(C)C)n1. The molecule has 0 aliphatic heterocycles. The molecule has 1 aliphatic carbocycles. The van der Waals surface area contributed by atoms with Crippen molar-refractivity contribution in [2.24, 2.45) is 0 Å². The number of aromatic nitrogens is 2. The van der Waals surface area contributed by atoms with Crippen LogP contribution in [0.1, 0.15) is 72.8 Å². The number of amides is 1. The third-order valence-corrected chi connectivity index (χ3v) is 4.94. The Hall–Kier alpha value is -2.43. The van der Waals surface area contributed by atoms with Crippen LogP contribution >= 0.6 is 0 Å². The normalized spacial score (nSPS) is 14.7. The van der Waals surface area contributed by atoms with Gasteiger partial charge in [-0.25, -0.2) is 9.97 Å². The van der Waals surface area contributed by atoms with E-state index in [9.17, 15) is 4.79 Å². The Bertz CT molecular complexity index is 795. The molecule has 2 N–H and O–H groups in total. The molecule has 1 fully saturated rings. The lowest BCUT2D eigenvalue weighted by molar-refractivity contribution is 0.0932. The lowest BCUT2D eigenvalue weighted by Crippen LogP contribution is -2.33. The first-order valence-electron chi connectivity index (χ1n) is 9.47. The van der Waals surface area contributed by atoms with E-state index in [0.717, 1.165) is 29.8 Å². The monoisotopic (exact) mass is 352 g/mol. The molecule has 5 nitrogen and oxygen atoms in total. The Labute approximate surface area is 155 Å². The molecule has 138 valence electrons. The predicted molar refractivity (Wildman–Crippen MR) is 105 cm³/mol. The fraction of sp³-hybridized carbons (Fsp3) is 0.476. The van der Waals surface area contributed by atoms with E-state index in [1.54, 1.807) is 6.07 Å². The quantitative estimate of drug-likeness (QED) is 0.823. The average Bonchev–Trinajstić information content (AvgIpc) is 3.09. The van der Waals surface area contributed by atoms with Crippen molar-refractivity contribution in [2.45, 2.75) is 65.3 Å². The summed E-state index contributed by atoms with van der Waals surface area (Å²) in [6, 6.07) is 8.27. The largest absolute Gasteiger partial charge is 0.348 e. The van der Waals surface area contributed by atoms with Crippen LogP contribution in [0.15, 0.2) is 24.3 Å². The molecule has 1 saturated carbocycles. The van der Waals surface area contributed by atoms with Gasteiger partial charge in [-0.1, -0.05) is 44.9 Å². The van der Waals surface area contributed by atoms with Crippen LogP contribution in [-0.2, 0) is 0 Å². The van der Waals surface area contributed by atoms with E-state index in [1.807, 2.05) is 6.92 Å². The minimum atomic E-state index is -0.112. The maximum atomic E-state index is 12.6. The molecule has 1 amide bonds. The van der Waals surface area contributed by atoms with E-state index in [2.05, 4.69) is 59.6 Å². The summed E-state index contributed by atoms with van der Waals surface area (Å²) in [5, 5.41) is 6.45. The number of carbonyl (C=O) groups is 1. The van der Waals surface area contributed by atoms with Crippen molar-refractivity contribution >= 4 is 17.5 Å². The highest BCUT2D eigenvalue weighted by Crippen LogP contribution is 2.29. The van der Waals surface area contributed by atoms with Gasteiger partial charge in [-0.2, -0.15) is 0 Å². The van der Waals surface area contributed by atoms with Crippen LogP contribution in [0.25, 0.3) is 0 Å². The van der Waals surface area contributed by atoms with Gasteiger partial charge in [0, 0.05) is 17.4 Å². The average molecular weight is 352 g/mol. The number of aryl methyl sites for hydroxylation is 2. The maximum absolute atomic E-state index is 12.6. The van der Waals surface area contributed by atoms with E-state index in [0.29, 0.717) is 17.6 Å². The Morgan fingerprint density at radius 3 is 2.58 bits per heavy atom. The molecular weight excluding hydrogens is 324 g/mol. The van der Waals surface area contributed by atoms with Gasteiger partial charge in [0.2, 0.25) is 5.95 Å². The zero-order valence-electron chi connectivity index (χ0n) is 16.1.